The van der Waals surface area contributed by atoms with Gasteiger partial charge in [0.05, 0.1) is 23.9 Å². The lowest BCUT2D eigenvalue weighted by Crippen LogP contribution is -2.24. The fourth-order valence-electron chi connectivity index (χ4n) is 1.62. The van der Waals surface area contributed by atoms with Gasteiger partial charge in [-0.1, -0.05) is 23.9 Å². The molecule has 106 valence electrons. The number of para-hydroxylation sites is 2. The Morgan fingerprint density at radius 2 is 2.05 bits per heavy atom. The minimum atomic E-state index is -0.515. The van der Waals surface area contributed by atoms with Gasteiger partial charge in [-0.05, 0) is 12.1 Å². The summed E-state index contributed by atoms with van der Waals surface area (Å²) in [5.41, 5.74) is 1.36. The quantitative estimate of drug-likeness (QED) is 0.808. The number of hydrogen-bond donors (Lipinski definition) is 0. The van der Waals surface area contributed by atoms with E-state index in [1.807, 2.05) is 18.2 Å². The van der Waals surface area contributed by atoms with Crippen LogP contribution >= 0.6 is 11.8 Å². The first-order chi connectivity index (χ1) is 9.54. The van der Waals surface area contributed by atoms with Crippen molar-refractivity contribution in [2.24, 2.45) is 0 Å². The molecule has 0 unspecified atom stereocenters. The van der Waals surface area contributed by atoms with Crippen molar-refractivity contribution < 1.29 is 14.3 Å². The third kappa shape index (κ3) is 2.77. The molecular formula is C13H15N3O3S. The number of benzene rings is 1. The van der Waals surface area contributed by atoms with Crippen molar-refractivity contribution in [3.63, 3.8) is 0 Å². The molecule has 0 aliphatic carbocycles. The second-order valence-electron chi connectivity index (χ2n) is 4.27. The lowest BCUT2D eigenvalue weighted by molar-refractivity contribution is -0.125. The molecule has 1 amide bonds. The van der Waals surface area contributed by atoms with E-state index in [4.69, 9.17) is 4.74 Å². The predicted molar refractivity (Wildman–Crippen MR) is 77.0 cm³/mol. The third-order valence-electron chi connectivity index (χ3n) is 2.71. The molecule has 1 heterocycles. The number of fused-ring (bicyclic) bond motifs is 1. The topological polar surface area (TPSA) is 64.4 Å². The molecule has 0 saturated heterocycles. The van der Waals surface area contributed by atoms with Gasteiger partial charge in [-0.25, -0.2) is 14.3 Å². The van der Waals surface area contributed by atoms with Crippen LogP contribution < -0.4 is 0 Å². The number of hydrogen-bond acceptors (Lipinski definition) is 5. The monoisotopic (exact) mass is 293 g/mol. The maximum absolute atomic E-state index is 11.9. The van der Waals surface area contributed by atoms with Crippen molar-refractivity contribution in [3.05, 3.63) is 24.3 Å². The van der Waals surface area contributed by atoms with Crippen LogP contribution in [0.3, 0.4) is 0 Å². The molecule has 0 spiro atoms. The molecule has 0 bridgehead atoms. The largest absolute Gasteiger partial charge is 0.452 e. The highest BCUT2D eigenvalue weighted by Gasteiger charge is 2.18. The van der Waals surface area contributed by atoms with Crippen LogP contribution in [-0.2, 0) is 9.53 Å². The Kier molecular flexibility index (Phi) is 4.29. The summed E-state index contributed by atoms with van der Waals surface area (Å²) in [6, 6.07) is 7.27. The Balaban J connectivity index is 2.36. The predicted octanol–water partition coefficient (Wildman–Crippen LogP) is 1.83. The Bertz CT molecular complexity index is 651. The molecule has 7 heteroatoms. The highest BCUT2D eigenvalue weighted by molar-refractivity contribution is 7.99. The number of thioether (sulfide) groups is 1. The van der Waals surface area contributed by atoms with Crippen LogP contribution in [0.2, 0.25) is 0 Å². The molecule has 6 nitrogen and oxygen atoms in total. The smallest absolute Gasteiger partial charge is 0.420 e. The van der Waals surface area contributed by atoms with Gasteiger partial charge in [0, 0.05) is 14.1 Å². The van der Waals surface area contributed by atoms with Crippen molar-refractivity contribution in [3.8, 4) is 0 Å². The zero-order valence-corrected chi connectivity index (χ0v) is 12.3. The Morgan fingerprint density at radius 3 is 2.70 bits per heavy atom. The first kappa shape index (κ1) is 14.4. The standard InChI is InChI=1S/C13H15N3O3S/c1-15(2)11(17)8-20-12-14-9-6-4-5-7-10(9)16(12)13(18)19-3/h4-7H,8H2,1-3H3. The zero-order chi connectivity index (χ0) is 14.7. The summed E-state index contributed by atoms with van der Waals surface area (Å²) < 4.78 is 6.15. The van der Waals surface area contributed by atoms with Gasteiger partial charge in [0.15, 0.2) is 5.16 Å². The van der Waals surface area contributed by atoms with Crippen molar-refractivity contribution >= 4 is 34.8 Å². The van der Waals surface area contributed by atoms with E-state index in [0.29, 0.717) is 16.2 Å². The SMILES string of the molecule is COC(=O)n1c(SCC(=O)N(C)C)nc2ccccc21. The van der Waals surface area contributed by atoms with Gasteiger partial charge >= 0.3 is 6.09 Å². The van der Waals surface area contributed by atoms with Gasteiger partial charge in [-0.15, -0.1) is 0 Å². The van der Waals surface area contributed by atoms with Crippen LogP contribution in [0.1, 0.15) is 0 Å². The molecule has 1 aromatic carbocycles. The van der Waals surface area contributed by atoms with Crippen LogP contribution in [0.25, 0.3) is 11.0 Å². The van der Waals surface area contributed by atoms with Gasteiger partial charge < -0.3 is 9.64 Å². The van der Waals surface area contributed by atoms with E-state index >= 15 is 0 Å². The van der Waals surface area contributed by atoms with Gasteiger partial charge in [0.25, 0.3) is 0 Å². The number of nitrogens with zero attached hydrogens (tertiary/aromatic N) is 3. The van der Waals surface area contributed by atoms with Crippen molar-refractivity contribution in [2.45, 2.75) is 5.16 Å². The molecule has 0 radical (unpaired) electrons. The summed E-state index contributed by atoms with van der Waals surface area (Å²) in [5, 5.41) is 0.452. The number of carbonyl (C=O) groups is 2. The van der Waals surface area contributed by atoms with Gasteiger partial charge in [0.2, 0.25) is 5.91 Å². The Labute approximate surface area is 120 Å². The van der Waals surface area contributed by atoms with Crippen LogP contribution in [-0.4, -0.2) is 53.4 Å². The number of ether oxygens (including phenoxy) is 1. The average Bonchev–Trinajstić information content (AvgIpc) is 2.82. The third-order valence-corrected chi connectivity index (χ3v) is 3.63. The first-order valence-electron chi connectivity index (χ1n) is 5.93. The van der Waals surface area contributed by atoms with E-state index in [0.717, 1.165) is 0 Å². The van der Waals surface area contributed by atoms with Crippen LogP contribution in [0.5, 0.6) is 0 Å². The van der Waals surface area contributed by atoms with E-state index in [2.05, 4.69) is 4.98 Å². The van der Waals surface area contributed by atoms with Crippen LogP contribution in [0.15, 0.2) is 29.4 Å². The van der Waals surface area contributed by atoms with E-state index in [-0.39, 0.29) is 11.7 Å². The van der Waals surface area contributed by atoms with E-state index < -0.39 is 6.09 Å². The average molecular weight is 293 g/mol. The fraction of sp³-hybridized carbons (Fsp3) is 0.308. The van der Waals surface area contributed by atoms with Crippen molar-refractivity contribution in [1.29, 1.82) is 0 Å². The number of methoxy groups -OCH3 is 1. The van der Waals surface area contributed by atoms with Crippen molar-refractivity contribution in [1.82, 2.24) is 14.5 Å². The second kappa shape index (κ2) is 5.96. The Hall–Kier alpha value is -2.02. The van der Waals surface area contributed by atoms with E-state index in [1.165, 1.54) is 28.3 Å². The summed E-state index contributed by atoms with van der Waals surface area (Å²) in [4.78, 5) is 29.4. The molecule has 0 aliphatic heterocycles. The fourth-order valence-corrected chi connectivity index (χ4v) is 2.60. The summed E-state index contributed by atoms with van der Waals surface area (Å²) in [6.07, 6.45) is -0.515. The molecule has 2 rings (SSSR count). The highest BCUT2D eigenvalue weighted by Crippen LogP contribution is 2.24. The molecule has 2 aromatic rings. The van der Waals surface area contributed by atoms with Crippen LogP contribution in [0.4, 0.5) is 4.79 Å². The molecule has 0 fully saturated rings. The molecular weight excluding hydrogens is 278 g/mol. The lowest BCUT2D eigenvalue weighted by Gasteiger charge is -2.09. The molecule has 1 aromatic heterocycles. The minimum Gasteiger partial charge on any atom is -0.452 e. The summed E-state index contributed by atoms with van der Waals surface area (Å²) in [6.45, 7) is 0. The highest BCUT2D eigenvalue weighted by atomic mass is 32.2. The number of rotatable bonds is 3. The number of aromatic nitrogens is 2. The maximum Gasteiger partial charge on any atom is 0.420 e. The Morgan fingerprint density at radius 1 is 1.35 bits per heavy atom. The number of carbonyl (C=O) groups excluding carboxylic acids is 2. The number of amides is 1. The van der Waals surface area contributed by atoms with E-state index in [9.17, 15) is 9.59 Å². The molecule has 20 heavy (non-hydrogen) atoms. The summed E-state index contributed by atoms with van der Waals surface area (Å²) in [5.74, 6) is 0.173. The minimum absolute atomic E-state index is 0.0431. The lowest BCUT2D eigenvalue weighted by atomic mass is 10.3. The van der Waals surface area contributed by atoms with Gasteiger partial charge in [0.1, 0.15) is 0 Å². The molecule has 0 N–H and O–H groups in total. The van der Waals surface area contributed by atoms with Gasteiger partial charge in [-0.2, -0.15) is 0 Å². The second-order valence-corrected chi connectivity index (χ2v) is 5.21. The van der Waals surface area contributed by atoms with Gasteiger partial charge in [-0.3, -0.25) is 4.79 Å². The maximum atomic E-state index is 11.9. The number of imidazole rings is 1. The normalized spacial score (nSPS) is 10.6. The van der Waals surface area contributed by atoms with Crippen LogP contribution in [0, 0.1) is 0 Å². The zero-order valence-electron chi connectivity index (χ0n) is 11.5. The molecule has 0 atom stereocenters. The summed E-state index contributed by atoms with van der Waals surface area (Å²) >= 11 is 1.21. The van der Waals surface area contributed by atoms with E-state index in [1.54, 1.807) is 20.2 Å². The van der Waals surface area contributed by atoms with Crippen molar-refractivity contribution in [2.75, 3.05) is 27.0 Å². The first-order valence-corrected chi connectivity index (χ1v) is 6.92. The molecule has 0 aliphatic rings. The molecule has 0 saturated carbocycles. The summed E-state index contributed by atoms with van der Waals surface area (Å²) in [7, 11) is 4.69.